The molecule has 0 radical (unpaired) electrons. The second kappa shape index (κ2) is 4.12. The Labute approximate surface area is 94.7 Å². The molecule has 1 heterocycles. The molecule has 1 saturated heterocycles. The molecule has 1 fully saturated rings. The number of hydrogen-bond acceptors (Lipinski definition) is 2. The van der Waals surface area contributed by atoms with Gasteiger partial charge in [0.2, 0.25) is 10.0 Å². The lowest BCUT2D eigenvalue weighted by molar-refractivity contribution is 0.477. The fourth-order valence-corrected chi connectivity index (χ4v) is 3.33. The number of sulfonamides is 1. The Bertz CT molecular complexity index is 435. The summed E-state index contributed by atoms with van der Waals surface area (Å²) < 4.78 is 25.6. The molecule has 2 rings (SSSR count). The van der Waals surface area contributed by atoms with E-state index in [9.17, 15) is 8.42 Å². The Morgan fingerprint density at radius 1 is 1.07 bits per heavy atom. The lowest BCUT2D eigenvalue weighted by Crippen LogP contribution is -2.27. The number of rotatable bonds is 2. The molecule has 0 atom stereocenters. The summed E-state index contributed by atoms with van der Waals surface area (Å²) in [7, 11) is -3.28. The second-order valence-electron chi connectivity index (χ2n) is 3.57. The first-order valence-corrected chi connectivity index (χ1v) is 6.68. The van der Waals surface area contributed by atoms with Crippen molar-refractivity contribution in [2.24, 2.45) is 0 Å². The maximum absolute atomic E-state index is 12.0. The smallest absolute Gasteiger partial charge is 0.207 e. The van der Waals surface area contributed by atoms with E-state index in [2.05, 4.69) is 0 Å². The average molecular weight is 246 g/mol. The summed E-state index contributed by atoms with van der Waals surface area (Å²) >= 11 is 5.71. The van der Waals surface area contributed by atoms with Crippen LogP contribution in [0.3, 0.4) is 0 Å². The standard InChI is InChI=1S/C10H12ClNO2S/c11-9-3-5-10(6-4-9)15(13,14)12-7-1-2-8-12/h3-6H,1-2,7-8H2. The molecule has 0 aromatic heterocycles. The van der Waals surface area contributed by atoms with E-state index in [4.69, 9.17) is 11.6 Å². The van der Waals surface area contributed by atoms with Crippen LogP contribution < -0.4 is 0 Å². The zero-order chi connectivity index (χ0) is 10.9. The summed E-state index contributed by atoms with van der Waals surface area (Å²) in [5.74, 6) is 0. The Balaban J connectivity index is 2.32. The van der Waals surface area contributed by atoms with Crippen molar-refractivity contribution in [1.82, 2.24) is 4.31 Å². The number of nitrogens with zero attached hydrogens (tertiary/aromatic N) is 1. The van der Waals surface area contributed by atoms with Crippen molar-refractivity contribution in [2.45, 2.75) is 17.7 Å². The minimum atomic E-state index is -3.28. The van der Waals surface area contributed by atoms with Crippen LogP contribution in [0.5, 0.6) is 0 Å². The van der Waals surface area contributed by atoms with E-state index in [1.54, 1.807) is 24.3 Å². The quantitative estimate of drug-likeness (QED) is 0.801. The SMILES string of the molecule is O=S(=O)(c1ccc(Cl)cc1)N1CCCC1. The van der Waals surface area contributed by atoms with Crippen LogP contribution in [0.2, 0.25) is 5.02 Å². The van der Waals surface area contributed by atoms with Gasteiger partial charge in [-0.25, -0.2) is 8.42 Å². The van der Waals surface area contributed by atoms with Gasteiger partial charge in [-0.1, -0.05) is 11.6 Å². The Hall–Kier alpha value is -0.580. The molecule has 1 aliphatic rings. The summed E-state index contributed by atoms with van der Waals surface area (Å²) in [5, 5.41) is 0.551. The topological polar surface area (TPSA) is 37.4 Å². The van der Waals surface area contributed by atoms with Crippen LogP contribution in [0.1, 0.15) is 12.8 Å². The van der Waals surface area contributed by atoms with E-state index >= 15 is 0 Å². The largest absolute Gasteiger partial charge is 0.243 e. The normalized spacial score (nSPS) is 18.2. The van der Waals surface area contributed by atoms with Crippen molar-refractivity contribution >= 4 is 21.6 Å². The molecule has 1 aliphatic heterocycles. The van der Waals surface area contributed by atoms with Crippen LogP contribution in [0, 0.1) is 0 Å². The first-order chi connectivity index (χ1) is 7.10. The van der Waals surface area contributed by atoms with Gasteiger partial charge in [-0.3, -0.25) is 0 Å². The summed E-state index contributed by atoms with van der Waals surface area (Å²) in [5.41, 5.74) is 0. The van der Waals surface area contributed by atoms with Crippen molar-refractivity contribution in [3.63, 3.8) is 0 Å². The van der Waals surface area contributed by atoms with Crippen LogP contribution in [0.25, 0.3) is 0 Å². The lowest BCUT2D eigenvalue weighted by Gasteiger charge is -2.15. The average Bonchev–Trinajstić information content (AvgIpc) is 2.71. The molecular formula is C10H12ClNO2S. The highest BCUT2D eigenvalue weighted by atomic mass is 35.5. The van der Waals surface area contributed by atoms with Gasteiger partial charge in [-0.15, -0.1) is 0 Å². The first-order valence-electron chi connectivity index (χ1n) is 4.86. The number of hydrogen-bond donors (Lipinski definition) is 0. The molecule has 0 amide bonds. The number of benzene rings is 1. The molecule has 82 valence electrons. The Morgan fingerprint density at radius 2 is 1.60 bits per heavy atom. The fourth-order valence-electron chi connectivity index (χ4n) is 1.68. The van der Waals surface area contributed by atoms with Gasteiger partial charge in [0.15, 0.2) is 0 Å². The third kappa shape index (κ3) is 2.17. The van der Waals surface area contributed by atoms with Gasteiger partial charge in [0.1, 0.15) is 0 Å². The van der Waals surface area contributed by atoms with E-state index in [0.29, 0.717) is 23.0 Å². The van der Waals surface area contributed by atoms with Crippen molar-refractivity contribution in [3.8, 4) is 0 Å². The maximum atomic E-state index is 12.0. The van der Waals surface area contributed by atoms with E-state index < -0.39 is 10.0 Å². The lowest BCUT2D eigenvalue weighted by atomic mass is 10.4. The van der Waals surface area contributed by atoms with E-state index in [1.807, 2.05) is 0 Å². The summed E-state index contributed by atoms with van der Waals surface area (Å²) in [6, 6.07) is 6.31. The van der Waals surface area contributed by atoms with Crippen LogP contribution >= 0.6 is 11.6 Å². The molecule has 0 N–H and O–H groups in total. The summed E-state index contributed by atoms with van der Waals surface area (Å²) in [6.07, 6.45) is 1.90. The van der Waals surface area contributed by atoms with E-state index in [0.717, 1.165) is 12.8 Å². The van der Waals surface area contributed by atoms with Gasteiger partial charge in [-0.05, 0) is 37.1 Å². The fraction of sp³-hybridized carbons (Fsp3) is 0.400. The van der Waals surface area contributed by atoms with Crippen molar-refractivity contribution in [1.29, 1.82) is 0 Å². The van der Waals surface area contributed by atoms with Gasteiger partial charge >= 0.3 is 0 Å². The van der Waals surface area contributed by atoms with Gasteiger partial charge in [0, 0.05) is 18.1 Å². The summed E-state index contributed by atoms with van der Waals surface area (Å²) in [6.45, 7) is 1.26. The highest BCUT2D eigenvalue weighted by Gasteiger charge is 2.26. The highest BCUT2D eigenvalue weighted by Crippen LogP contribution is 2.21. The molecule has 3 nitrogen and oxygen atoms in total. The van der Waals surface area contributed by atoms with E-state index in [-0.39, 0.29) is 0 Å². The van der Waals surface area contributed by atoms with Crippen molar-refractivity contribution in [2.75, 3.05) is 13.1 Å². The van der Waals surface area contributed by atoms with Crippen molar-refractivity contribution < 1.29 is 8.42 Å². The maximum Gasteiger partial charge on any atom is 0.243 e. The third-order valence-electron chi connectivity index (χ3n) is 2.52. The molecule has 1 aromatic rings. The molecule has 15 heavy (non-hydrogen) atoms. The zero-order valence-electron chi connectivity index (χ0n) is 8.19. The minimum Gasteiger partial charge on any atom is -0.207 e. The van der Waals surface area contributed by atoms with Crippen molar-refractivity contribution in [3.05, 3.63) is 29.3 Å². The van der Waals surface area contributed by atoms with Gasteiger partial charge in [-0.2, -0.15) is 4.31 Å². The second-order valence-corrected chi connectivity index (χ2v) is 5.94. The molecule has 0 bridgehead atoms. The summed E-state index contributed by atoms with van der Waals surface area (Å²) in [4.78, 5) is 0.328. The molecular weight excluding hydrogens is 234 g/mol. The molecule has 5 heteroatoms. The molecule has 0 unspecified atom stereocenters. The highest BCUT2D eigenvalue weighted by molar-refractivity contribution is 7.89. The predicted molar refractivity (Wildman–Crippen MR) is 59.4 cm³/mol. The minimum absolute atomic E-state index is 0.328. The van der Waals surface area contributed by atoms with Gasteiger partial charge in [0.05, 0.1) is 4.90 Å². The van der Waals surface area contributed by atoms with Crippen LogP contribution in [-0.4, -0.2) is 25.8 Å². The zero-order valence-corrected chi connectivity index (χ0v) is 9.76. The Kier molecular flexibility index (Phi) is 3.00. The van der Waals surface area contributed by atoms with Crippen LogP contribution in [-0.2, 0) is 10.0 Å². The number of halogens is 1. The van der Waals surface area contributed by atoms with Gasteiger partial charge in [0.25, 0.3) is 0 Å². The predicted octanol–water partition coefficient (Wildman–Crippen LogP) is 2.12. The molecule has 0 spiro atoms. The molecule has 0 aliphatic carbocycles. The van der Waals surface area contributed by atoms with Crippen LogP contribution in [0.4, 0.5) is 0 Å². The molecule has 1 aromatic carbocycles. The van der Waals surface area contributed by atoms with E-state index in [1.165, 1.54) is 4.31 Å². The van der Waals surface area contributed by atoms with Crippen LogP contribution in [0.15, 0.2) is 29.2 Å². The molecule has 0 saturated carbocycles. The van der Waals surface area contributed by atoms with Gasteiger partial charge < -0.3 is 0 Å². The monoisotopic (exact) mass is 245 g/mol. The Morgan fingerprint density at radius 3 is 2.13 bits per heavy atom. The third-order valence-corrected chi connectivity index (χ3v) is 4.68. The first kappa shape index (κ1) is 10.9.